The zero-order valence-electron chi connectivity index (χ0n) is 10.9. The molecule has 2 nitrogen and oxygen atoms in total. The van der Waals surface area contributed by atoms with Crippen molar-refractivity contribution in [1.29, 1.82) is 0 Å². The highest BCUT2D eigenvalue weighted by atomic mass is 35.5. The summed E-state index contributed by atoms with van der Waals surface area (Å²) in [6.45, 7) is 1.75. The zero-order chi connectivity index (χ0) is 15.1. The number of imidazole rings is 1. The van der Waals surface area contributed by atoms with Gasteiger partial charge in [0.15, 0.2) is 0 Å². The van der Waals surface area contributed by atoms with Gasteiger partial charge in [-0.3, -0.25) is 4.57 Å². The molecule has 0 radical (unpaired) electrons. The number of hydrogen-bond acceptors (Lipinski definition) is 1. The molecule has 0 N–H and O–H groups in total. The summed E-state index contributed by atoms with van der Waals surface area (Å²) < 4.78 is 28.9. The van der Waals surface area contributed by atoms with Gasteiger partial charge < -0.3 is 0 Å². The summed E-state index contributed by atoms with van der Waals surface area (Å²) in [6, 6.07) is 8.59. The van der Waals surface area contributed by atoms with Crippen molar-refractivity contribution in [3.05, 3.63) is 58.9 Å². The molecule has 0 fully saturated rings. The molecule has 0 aliphatic heterocycles. The van der Waals surface area contributed by atoms with Gasteiger partial charge in [0.2, 0.25) is 0 Å². The van der Waals surface area contributed by atoms with E-state index in [9.17, 15) is 8.78 Å². The molecule has 0 spiro atoms. The fourth-order valence-electron chi connectivity index (χ4n) is 2.23. The molecule has 0 saturated carbocycles. The summed E-state index contributed by atoms with van der Waals surface area (Å²) >= 11 is 11.8. The number of halogens is 4. The second kappa shape index (κ2) is 5.28. The van der Waals surface area contributed by atoms with Gasteiger partial charge >= 0.3 is 0 Å². The average Bonchev–Trinajstić information content (AvgIpc) is 2.80. The molecule has 0 aliphatic carbocycles. The van der Waals surface area contributed by atoms with E-state index in [1.165, 1.54) is 24.3 Å². The number of fused-ring (bicyclic) bond motifs is 1. The fourth-order valence-corrected chi connectivity index (χ4v) is 2.49. The summed E-state index contributed by atoms with van der Waals surface area (Å²) in [5.74, 6) is -0.438. The quantitative estimate of drug-likeness (QED) is 0.587. The van der Waals surface area contributed by atoms with E-state index in [0.29, 0.717) is 22.5 Å². The highest BCUT2D eigenvalue weighted by Crippen LogP contribution is 2.29. The number of benzene rings is 2. The predicted octanol–water partition coefficient (Wildman–Crippen LogP) is 5.26. The maximum absolute atomic E-state index is 13.7. The molecular formula is C15H10Cl2F2N2. The molecule has 1 aromatic heterocycles. The number of aromatic nitrogens is 2. The van der Waals surface area contributed by atoms with Gasteiger partial charge in [0.25, 0.3) is 0 Å². The van der Waals surface area contributed by atoms with Gasteiger partial charge in [-0.15, -0.1) is 11.6 Å². The van der Waals surface area contributed by atoms with E-state index in [1.54, 1.807) is 23.6 Å². The number of rotatable bonds is 2. The Morgan fingerprint density at radius 1 is 1.14 bits per heavy atom. The van der Waals surface area contributed by atoms with Gasteiger partial charge in [-0.2, -0.15) is 0 Å². The van der Waals surface area contributed by atoms with Crippen molar-refractivity contribution in [3.63, 3.8) is 0 Å². The topological polar surface area (TPSA) is 17.8 Å². The van der Waals surface area contributed by atoms with Gasteiger partial charge in [0, 0.05) is 6.07 Å². The van der Waals surface area contributed by atoms with Crippen LogP contribution in [-0.2, 0) is 0 Å². The highest BCUT2D eigenvalue weighted by molar-refractivity contribution is 6.30. The van der Waals surface area contributed by atoms with Crippen molar-refractivity contribution in [2.75, 3.05) is 0 Å². The molecule has 3 rings (SSSR count). The Kier molecular flexibility index (Phi) is 3.59. The minimum Gasteiger partial charge on any atom is -0.295 e. The maximum Gasteiger partial charge on any atom is 0.143 e. The maximum atomic E-state index is 13.7. The van der Waals surface area contributed by atoms with Crippen LogP contribution in [0.2, 0.25) is 5.02 Å². The van der Waals surface area contributed by atoms with E-state index in [0.717, 1.165) is 0 Å². The third kappa shape index (κ3) is 2.49. The second-order valence-electron chi connectivity index (χ2n) is 4.65. The molecule has 3 aromatic rings. The summed E-state index contributed by atoms with van der Waals surface area (Å²) in [6.07, 6.45) is 0. The number of hydrogen-bond donors (Lipinski definition) is 0. The Bertz CT molecular complexity index is 828. The summed E-state index contributed by atoms with van der Waals surface area (Å²) in [7, 11) is 0. The minimum absolute atomic E-state index is 0.0230. The average molecular weight is 327 g/mol. The monoisotopic (exact) mass is 326 g/mol. The van der Waals surface area contributed by atoms with Crippen molar-refractivity contribution in [2.45, 2.75) is 12.3 Å². The van der Waals surface area contributed by atoms with E-state index in [4.69, 9.17) is 23.2 Å². The van der Waals surface area contributed by atoms with Crippen molar-refractivity contribution in [3.8, 4) is 5.69 Å². The Balaban J connectivity index is 2.35. The number of nitrogens with zero attached hydrogens (tertiary/aromatic N) is 2. The number of alkyl halides is 1. The Labute approximate surface area is 129 Å². The van der Waals surface area contributed by atoms with Crippen LogP contribution >= 0.6 is 23.2 Å². The normalized spacial score (nSPS) is 12.8. The predicted molar refractivity (Wildman–Crippen MR) is 80.3 cm³/mol. The van der Waals surface area contributed by atoms with Gasteiger partial charge in [0.05, 0.1) is 27.1 Å². The minimum atomic E-state index is -0.555. The molecule has 1 heterocycles. The van der Waals surface area contributed by atoms with Crippen LogP contribution in [0.25, 0.3) is 16.7 Å². The van der Waals surface area contributed by atoms with Gasteiger partial charge in [0.1, 0.15) is 17.5 Å². The first kappa shape index (κ1) is 14.3. The molecule has 1 unspecified atom stereocenters. The lowest BCUT2D eigenvalue weighted by atomic mass is 10.2. The lowest BCUT2D eigenvalue weighted by molar-refractivity contribution is 0.626. The lowest BCUT2D eigenvalue weighted by Gasteiger charge is -2.11. The van der Waals surface area contributed by atoms with Crippen molar-refractivity contribution in [1.82, 2.24) is 9.55 Å². The van der Waals surface area contributed by atoms with Crippen LogP contribution in [-0.4, -0.2) is 9.55 Å². The van der Waals surface area contributed by atoms with Crippen LogP contribution in [0.3, 0.4) is 0 Å². The van der Waals surface area contributed by atoms with Crippen LogP contribution in [0, 0.1) is 11.6 Å². The molecule has 2 aromatic carbocycles. The molecule has 6 heteroatoms. The van der Waals surface area contributed by atoms with Crippen LogP contribution in [0.4, 0.5) is 8.78 Å². The van der Waals surface area contributed by atoms with Crippen LogP contribution < -0.4 is 0 Å². The van der Waals surface area contributed by atoms with E-state index >= 15 is 0 Å². The molecule has 0 bridgehead atoms. The van der Waals surface area contributed by atoms with Gasteiger partial charge in [-0.05, 0) is 37.3 Å². The largest absolute Gasteiger partial charge is 0.295 e. The SMILES string of the molecule is CC(Cl)c1nc2ccc(F)cc2n1-c1ccc(Cl)c(F)c1. The summed E-state index contributed by atoms with van der Waals surface area (Å²) in [5, 5.41) is -0.394. The second-order valence-corrected chi connectivity index (χ2v) is 5.71. The molecule has 0 saturated heterocycles. The molecule has 108 valence electrons. The standard InChI is InChI=1S/C15H10Cl2F2N2/c1-8(16)15-20-13-5-2-9(18)6-14(13)21(15)10-3-4-11(17)12(19)7-10/h2-8H,1H3. The molecule has 0 amide bonds. The first-order valence-corrected chi connectivity index (χ1v) is 7.06. The first-order valence-electron chi connectivity index (χ1n) is 6.25. The molecular weight excluding hydrogens is 317 g/mol. The van der Waals surface area contributed by atoms with Crippen LogP contribution in [0.1, 0.15) is 18.1 Å². The van der Waals surface area contributed by atoms with Gasteiger partial charge in [-0.1, -0.05) is 11.6 Å². The highest BCUT2D eigenvalue weighted by Gasteiger charge is 2.17. The third-order valence-electron chi connectivity index (χ3n) is 3.16. The Morgan fingerprint density at radius 3 is 2.57 bits per heavy atom. The fraction of sp³-hybridized carbons (Fsp3) is 0.133. The summed E-state index contributed by atoms with van der Waals surface area (Å²) in [4.78, 5) is 4.39. The smallest absolute Gasteiger partial charge is 0.143 e. The van der Waals surface area contributed by atoms with Crippen molar-refractivity contribution < 1.29 is 8.78 Å². The Morgan fingerprint density at radius 2 is 1.90 bits per heavy atom. The lowest BCUT2D eigenvalue weighted by Crippen LogP contribution is -2.02. The van der Waals surface area contributed by atoms with Crippen LogP contribution in [0.15, 0.2) is 36.4 Å². The molecule has 0 aliphatic rings. The van der Waals surface area contributed by atoms with Crippen molar-refractivity contribution in [2.24, 2.45) is 0 Å². The van der Waals surface area contributed by atoms with E-state index in [2.05, 4.69) is 4.98 Å². The Hall–Kier alpha value is -1.65. The summed E-state index contributed by atoms with van der Waals surface area (Å²) in [5.41, 5.74) is 1.61. The third-order valence-corrected chi connectivity index (χ3v) is 3.66. The molecule has 1 atom stereocenters. The van der Waals surface area contributed by atoms with Crippen LogP contribution in [0.5, 0.6) is 0 Å². The van der Waals surface area contributed by atoms with Gasteiger partial charge in [-0.25, -0.2) is 13.8 Å². The zero-order valence-corrected chi connectivity index (χ0v) is 12.5. The molecule has 21 heavy (non-hydrogen) atoms. The van der Waals surface area contributed by atoms with E-state index in [-0.39, 0.29) is 5.02 Å². The first-order chi connectivity index (χ1) is 9.97. The van der Waals surface area contributed by atoms with Crippen molar-refractivity contribution >= 4 is 34.2 Å². The van der Waals surface area contributed by atoms with E-state index < -0.39 is 17.0 Å². The van der Waals surface area contributed by atoms with E-state index in [1.807, 2.05) is 0 Å².